The molecule has 2 rings (SSSR count). The monoisotopic (exact) mass is 351 g/mol. The molecule has 0 unspecified atom stereocenters. The first-order valence-electron chi connectivity index (χ1n) is 5.96. The molecule has 0 aliphatic heterocycles. The molecular formula is C14H11BrFN3O2. The van der Waals surface area contributed by atoms with E-state index in [0.29, 0.717) is 11.5 Å². The van der Waals surface area contributed by atoms with E-state index in [-0.39, 0.29) is 11.5 Å². The summed E-state index contributed by atoms with van der Waals surface area (Å²) in [6.45, 7) is 1.33. The van der Waals surface area contributed by atoms with Gasteiger partial charge in [-0.15, -0.1) is 0 Å². The maximum Gasteiger partial charge on any atom is 0.259 e. The number of hydrogen-bond donors (Lipinski definition) is 2. The van der Waals surface area contributed by atoms with E-state index in [9.17, 15) is 14.0 Å². The van der Waals surface area contributed by atoms with Gasteiger partial charge in [0, 0.05) is 23.3 Å². The van der Waals surface area contributed by atoms with Gasteiger partial charge >= 0.3 is 0 Å². The summed E-state index contributed by atoms with van der Waals surface area (Å²) in [6, 6.07) is 7.05. The molecule has 0 radical (unpaired) electrons. The van der Waals surface area contributed by atoms with Crippen LogP contribution in [0.5, 0.6) is 0 Å². The van der Waals surface area contributed by atoms with Gasteiger partial charge in [-0.3, -0.25) is 9.59 Å². The van der Waals surface area contributed by atoms with Crippen molar-refractivity contribution in [2.24, 2.45) is 0 Å². The molecule has 0 atom stereocenters. The van der Waals surface area contributed by atoms with Crippen LogP contribution in [0.1, 0.15) is 17.3 Å². The lowest BCUT2D eigenvalue weighted by Crippen LogP contribution is -2.15. The Balaban J connectivity index is 2.21. The van der Waals surface area contributed by atoms with E-state index in [0.717, 1.165) is 10.5 Å². The number of rotatable bonds is 3. The van der Waals surface area contributed by atoms with Crippen LogP contribution in [0.3, 0.4) is 0 Å². The van der Waals surface area contributed by atoms with E-state index in [4.69, 9.17) is 0 Å². The Morgan fingerprint density at radius 2 is 1.95 bits per heavy atom. The zero-order valence-electron chi connectivity index (χ0n) is 11.0. The lowest BCUT2D eigenvalue weighted by molar-refractivity contribution is -0.114. The minimum atomic E-state index is -0.682. The number of halogens is 2. The third-order valence-corrected chi connectivity index (χ3v) is 2.97. The maximum absolute atomic E-state index is 13.7. The fraction of sp³-hybridized carbons (Fsp3) is 0.0714. The molecule has 2 N–H and O–H groups in total. The lowest BCUT2D eigenvalue weighted by atomic mass is 10.1. The number of carbonyl (C=O) groups excluding carboxylic acids is 2. The van der Waals surface area contributed by atoms with E-state index in [1.807, 2.05) is 0 Å². The Hall–Kier alpha value is -2.28. The molecule has 0 aliphatic carbocycles. The zero-order chi connectivity index (χ0) is 15.4. The summed E-state index contributed by atoms with van der Waals surface area (Å²) in [6.07, 6.45) is 1.51. The molecule has 7 heteroatoms. The van der Waals surface area contributed by atoms with Crippen LogP contribution < -0.4 is 10.6 Å². The summed E-state index contributed by atoms with van der Waals surface area (Å²) in [5.74, 6) is -1.33. The molecule has 0 spiro atoms. The van der Waals surface area contributed by atoms with Crippen molar-refractivity contribution in [3.05, 3.63) is 52.4 Å². The number of hydrogen-bond acceptors (Lipinski definition) is 3. The predicted octanol–water partition coefficient (Wildman–Crippen LogP) is 3.19. The van der Waals surface area contributed by atoms with Crippen LogP contribution in [0.25, 0.3) is 0 Å². The van der Waals surface area contributed by atoms with Crippen molar-refractivity contribution in [1.29, 1.82) is 0 Å². The minimum absolute atomic E-state index is 0.175. The third-order valence-electron chi connectivity index (χ3n) is 2.50. The van der Waals surface area contributed by atoms with Gasteiger partial charge in [-0.2, -0.15) is 0 Å². The summed E-state index contributed by atoms with van der Waals surface area (Å²) < 4.78 is 14.5. The molecule has 0 fully saturated rings. The number of carbonyl (C=O) groups is 2. The van der Waals surface area contributed by atoms with Crippen LogP contribution in [0.2, 0.25) is 0 Å². The van der Waals surface area contributed by atoms with Gasteiger partial charge < -0.3 is 10.6 Å². The second-order valence-corrected chi connectivity index (χ2v) is 5.11. The van der Waals surface area contributed by atoms with E-state index < -0.39 is 11.7 Å². The first kappa shape index (κ1) is 15.1. The van der Waals surface area contributed by atoms with Gasteiger partial charge in [0.2, 0.25) is 5.91 Å². The fourth-order valence-electron chi connectivity index (χ4n) is 1.61. The number of benzene rings is 1. The highest BCUT2D eigenvalue weighted by Gasteiger charge is 2.13. The smallest absolute Gasteiger partial charge is 0.259 e. The normalized spacial score (nSPS) is 10.0. The summed E-state index contributed by atoms with van der Waals surface area (Å²) in [7, 11) is 0. The average molecular weight is 352 g/mol. The van der Waals surface area contributed by atoms with Crippen LogP contribution >= 0.6 is 15.9 Å². The molecule has 2 amide bonds. The third kappa shape index (κ3) is 4.09. The Labute approximate surface area is 128 Å². The van der Waals surface area contributed by atoms with Crippen LogP contribution in [0.4, 0.5) is 15.9 Å². The Morgan fingerprint density at radius 1 is 1.19 bits per heavy atom. The van der Waals surface area contributed by atoms with Crippen LogP contribution in [-0.2, 0) is 4.79 Å². The largest absolute Gasteiger partial charge is 0.326 e. The molecule has 108 valence electrons. The molecule has 2 aromatic rings. The summed E-state index contributed by atoms with van der Waals surface area (Å²) in [4.78, 5) is 27.0. The second kappa shape index (κ2) is 6.45. The van der Waals surface area contributed by atoms with E-state index >= 15 is 0 Å². The SMILES string of the molecule is CC(=O)Nc1ccc(F)c(C(=O)Nc2ccc(Br)cn2)c1. The number of nitrogens with one attached hydrogen (secondary N) is 2. The Morgan fingerprint density at radius 3 is 2.57 bits per heavy atom. The molecule has 1 aromatic carbocycles. The van der Waals surface area contributed by atoms with Crippen molar-refractivity contribution in [3.8, 4) is 0 Å². The van der Waals surface area contributed by atoms with Gasteiger partial charge in [0.25, 0.3) is 5.91 Å². The fourth-order valence-corrected chi connectivity index (χ4v) is 1.85. The lowest BCUT2D eigenvalue weighted by Gasteiger charge is -2.08. The zero-order valence-corrected chi connectivity index (χ0v) is 12.6. The van der Waals surface area contributed by atoms with Gasteiger partial charge in [0.05, 0.1) is 5.56 Å². The van der Waals surface area contributed by atoms with E-state index in [1.165, 1.54) is 25.3 Å². The average Bonchev–Trinajstić information content (AvgIpc) is 2.43. The number of nitrogens with zero attached hydrogens (tertiary/aromatic N) is 1. The molecule has 0 bridgehead atoms. The van der Waals surface area contributed by atoms with Crippen molar-refractivity contribution >= 4 is 39.2 Å². The highest BCUT2D eigenvalue weighted by molar-refractivity contribution is 9.10. The van der Waals surface area contributed by atoms with E-state index in [1.54, 1.807) is 12.1 Å². The molecule has 1 aromatic heterocycles. The first-order chi connectivity index (χ1) is 9.95. The summed E-state index contributed by atoms with van der Waals surface area (Å²) >= 11 is 3.23. The topological polar surface area (TPSA) is 71.1 Å². The standard InChI is InChI=1S/C14H11BrFN3O2/c1-8(20)18-10-3-4-12(16)11(6-10)14(21)19-13-5-2-9(15)7-17-13/h2-7H,1H3,(H,18,20)(H,17,19,21). The molecule has 0 saturated heterocycles. The second-order valence-electron chi connectivity index (χ2n) is 4.19. The van der Waals surface area contributed by atoms with Crippen molar-refractivity contribution in [2.45, 2.75) is 6.92 Å². The van der Waals surface area contributed by atoms with Crippen LogP contribution in [-0.4, -0.2) is 16.8 Å². The molecule has 1 heterocycles. The van der Waals surface area contributed by atoms with Crippen molar-refractivity contribution < 1.29 is 14.0 Å². The van der Waals surface area contributed by atoms with Crippen molar-refractivity contribution in [1.82, 2.24) is 4.98 Å². The molecule has 21 heavy (non-hydrogen) atoms. The van der Waals surface area contributed by atoms with Gasteiger partial charge in [-0.1, -0.05) is 0 Å². The molecular weight excluding hydrogens is 341 g/mol. The number of pyridine rings is 1. The van der Waals surface area contributed by atoms with Gasteiger partial charge in [0.15, 0.2) is 0 Å². The summed E-state index contributed by atoms with van der Waals surface area (Å²) in [5.41, 5.74) is 0.170. The Bertz CT molecular complexity index is 689. The highest BCUT2D eigenvalue weighted by Crippen LogP contribution is 2.17. The van der Waals surface area contributed by atoms with Crippen LogP contribution in [0.15, 0.2) is 41.0 Å². The highest BCUT2D eigenvalue weighted by atomic mass is 79.9. The quantitative estimate of drug-likeness (QED) is 0.891. The van der Waals surface area contributed by atoms with E-state index in [2.05, 4.69) is 31.5 Å². The van der Waals surface area contributed by atoms with Gasteiger partial charge in [-0.25, -0.2) is 9.37 Å². The minimum Gasteiger partial charge on any atom is -0.326 e. The predicted molar refractivity (Wildman–Crippen MR) is 80.6 cm³/mol. The number of amides is 2. The maximum atomic E-state index is 13.7. The molecule has 5 nitrogen and oxygen atoms in total. The Kier molecular flexibility index (Phi) is 4.64. The van der Waals surface area contributed by atoms with Gasteiger partial charge in [0.1, 0.15) is 11.6 Å². The first-order valence-corrected chi connectivity index (χ1v) is 6.75. The van der Waals surface area contributed by atoms with Crippen molar-refractivity contribution in [2.75, 3.05) is 10.6 Å². The number of aromatic nitrogens is 1. The van der Waals surface area contributed by atoms with Crippen LogP contribution in [0, 0.1) is 5.82 Å². The number of anilines is 2. The molecule has 0 aliphatic rings. The van der Waals surface area contributed by atoms with Gasteiger partial charge in [-0.05, 0) is 46.3 Å². The summed E-state index contributed by atoms with van der Waals surface area (Å²) in [5, 5.41) is 4.97. The molecule has 0 saturated carbocycles. The van der Waals surface area contributed by atoms with Crippen molar-refractivity contribution in [3.63, 3.8) is 0 Å².